The Morgan fingerprint density at radius 2 is 0.878 bits per heavy atom. The van der Waals surface area contributed by atoms with Gasteiger partial charge in [-0.15, -0.1) is 0 Å². The Hall–Kier alpha value is -1.06. The fourth-order valence-electron chi connectivity index (χ4n) is 7.92. The maximum absolute atomic E-state index is 13.0. The largest absolute Gasteiger partial charge is 0.481 e. The van der Waals surface area contributed by atoms with Crippen molar-refractivity contribution in [1.82, 2.24) is 0 Å². The molecule has 0 heterocycles. The van der Waals surface area contributed by atoms with Gasteiger partial charge in [0.1, 0.15) is 0 Å². The molecule has 1 saturated carbocycles. The highest BCUT2D eigenvalue weighted by Crippen LogP contribution is 2.59. The third kappa shape index (κ3) is 13.4. The average Bonchev–Trinajstić information content (AvgIpc) is 2.95. The summed E-state index contributed by atoms with van der Waals surface area (Å²) >= 11 is 0. The first-order valence-electron chi connectivity index (χ1n) is 18.4. The number of carboxylic acids is 2. The lowest BCUT2D eigenvalue weighted by Crippen LogP contribution is -2.58. The van der Waals surface area contributed by atoms with E-state index >= 15 is 0 Å². The summed E-state index contributed by atoms with van der Waals surface area (Å²) in [7, 11) is 0. The summed E-state index contributed by atoms with van der Waals surface area (Å²) in [6, 6.07) is 0. The third-order valence-corrected chi connectivity index (χ3v) is 10.6. The lowest BCUT2D eigenvalue weighted by Gasteiger charge is -2.52. The second-order valence-corrected chi connectivity index (χ2v) is 13.7. The molecule has 4 heteroatoms. The number of hydrogen-bond acceptors (Lipinski definition) is 2. The Bertz CT molecular complexity index is 661. The SMILES string of the molecule is CCCCCCCCCCCCCCC1(C(=O)O)CCCC(C)C1(CCCCCCCCCCCCCC)C(=O)O. The molecule has 0 spiro atoms. The molecule has 0 amide bonds. The summed E-state index contributed by atoms with van der Waals surface area (Å²) in [6.07, 6.45) is 33.0. The highest BCUT2D eigenvalue weighted by Gasteiger charge is 2.64. The van der Waals surface area contributed by atoms with Gasteiger partial charge in [-0.25, -0.2) is 0 Å². The summed E-state index contributed by atoms with van der Waals surface area (Å²) in [5, 5.41) is 21.2. The van der Waals surface area contributed by atoms with E-state index in [1.54, 1.807) is 0 Å². The Morgan fingerprint density at radius 3 is 1.22 bits per heavy atom. The second kappa shape index (κ2) is 23.4. The molecule has 3 atom stereocenters. The van der Waals surface area contributed by atoms with E-state index in [4.69, 9.17) is 0 Å². The molecule has 0 aromatic carbocycles. The molecule has 0 aliphatic heterocycles. The Kier molecular flexibility index (Phi) is 21.7. The van der Waals surface area contributed by atoms with Crippen molar-refractivity contribution >= 4 is 11.9 Å². The van der Waals surface area contributed by atoms with Crippen molar-refractivity contribution in [2.75, 3.05) is 0 Å². The molecule has 0 bridgehead atoms. The van der Waals surface area contributed by atoms with E-state index in [1.165, 1.54) is 116 Å². The second-order valence-electron chi connectivity index (χ2n) is 13.7. The van der Waals surface area contributed by atoms with Crippen LogP contribution in [0.5, 0.6) is 0 Å². The van der Waals surface area contributed by atoms with Crippen LogP contribution >= 0.6 is 0 Å². The highest BCUT2D eigenvalue weighted by molar-refractivity contribution is 5.87. The first kappa shape index (κ1) is 38.0. The van der Waals surface area contributed by atoms with Crippen molar-refractivity contribution in [3.05, 3.63) is 0 Å². The predicted molar refractivity (Wildman–Crippen MR) is 175 cm³/mol. The summed E-state index contributed by atoms with van der Waals surface area (Å²) in [4.78, 5) is 25.9. The lowest BCUT2D eigenvalue weighted by atomic mass is 9.48. The zero-order valence-corrected chi connectivity index (χ0v) is 27.8. The van der Waals surface area contributed by atoms with Gasteiger partial charge in [-0.2, -0.15) is 0 Å². The van der Waals surface area contributed by atoms with E-state index in [0.29, 0.717) is 19.3 Å². The fraction of sp³-hybridized carbons (Fsp3) is 0.946. The minimum atomic E-state index is -1.13. The van der Waals surface area contributed by atoms with Gasteiger partial charge in [0.05, 0.1) is 10.8 Å². The van der Waals surface area contributed by atoms with Crippen LogP contribution in [0.4, 0.5) is 0 Å². The molecule has 242 valence electrons. The normalized spacial score (nSPS) is 22.7. The molecule has 1 aliphatic carbocycles. The summed E-state index contributed by atoms with van der Waals surface area (Å²) in [6.45, 7) is 6.54. The van der Waals surface area contributed by atoms with Gasteiger partial charge in [0.15, 0.2) is 0 Å². The van der Waals surface area contributed by atoms with E-state index < -0.39 is 22.8 Å². The predicted octanol–water partition coefficient (Wildman–Crippen LogP) is 12.1. The Balaban J connectivity index is 2.49. The quantitative estimate of drug-likeness (QED) is 0.0905. The number of rotatable bonds is 28. The van der Waals surface area contributed by atoms with E-state index in [-0.39, 0.29) is 5.92 Å². The van der Waals surface area contributed by atoms with Gasteiger partial charge in [-0.3, -0.25) is 9.59 Å². The molecule has 1 fully saturated rings. The van der Waals surface area contributed by atoms with Gasteiger partial charge >= 0.3 is 11.9 Å². The summed E-state index contributed by atoms with van der Waals surface area (Å²) in [5.74, 6) is -1.79. The summed E-state index contributed by atoms with van der Waals surface area (Å²) < 4.78 is 0. The minimum Gasteiger partial charge on any atom is -0.481 e. The Morgan fingerprint density at radius 1 is 0.537 bits per heavy atom. The number of aliphatic carboxylic acids is 2. The van der Waals surface area contributed by atoms with Gasteiger partial charge in [0, 0.05) is 0 Å². The van der Waals surface area contributed by atoms with Gasteiger partial charge in [0.25, 0.3) is 0 Å². The molecular weight excluding hydrogens is 508 g/mol. The van der Waals surface area contributed by atoms with Crippen molar-refractivity contribution in [2.24, 2.45) is 16.7 Å². The number of carboxylic acid groups (broad SMARTS) is 2. The average molecular weight is 579 g/mol. The van der Waals surface area contributed by atoms with Crippen LogP contribution in [0, 0.1) is 16.7 Å². The number of unbranched alkanes of at least 4 members (excludes halogenated alkanes) is 22. The summed E-state index contributed by atoms with van der Waals surface area (Å²) in [5.41, 5.74) is -2.25. The highest BCUT2D eigenvalue weighted by atomic mass is 16.4. The first-order chi connectivity index (χ1) is 19.9. The van der Waals surface area contributed by atoms with Gasteiger partial charge in [-0.05, 0) is 31.6 Å². The van der Waals surface area contributed by atoms with E-state index in [2.05, 4.69) is 13.8 Å². The van der Waals surface area contributed by atoms with Gasteiger partial charge in [-0.1, -0.05) is 181 Å². The molecule has 0 aromatic rings. The standard InChI is InChI=1S/C37H70O4/c1-4-6-8-10-12-14-16-18-20-22-24-26-30-36(34(38)39)31-28-29-33(3)37(36,35(40)41)32-27-25-23-21-19-17-15-13-11-9-7-5-2/h33H,4-32H2,1-3H3,(H,38,39)(H,40,41). The maximum Gasteiger partial charge on any atom is 0.311 e. The molecular formula is C37H70O4. The van der Waals surface area contributed by atoms with Crippen LogP contribution in [0.2, 0.25) is 0 Å². The third-order valence-electron chi connectivity index (χ3n) is 10.6. The van der Waals surface area contributed by atoms with Crippen molar-refractivity contribution in [2.45, 2.75) is 207 Å². The van der Waals surface area contributed by atoms with Crippen LogP contribution in [-0.4, -0.2) is 22.2 Å². The Labute approximate surface area is 255 Å². The van der Waals surface area contributed by atoms with Crippen LogP contribution in [0.3, 0.4) is 0 Å². The van der Waals surface area contributed by atoms with Crippen LogP contribution in [-0.2, 0) is 9.59 Å². The van der Waals surface area contributed by atoms with Crippen molar-refractivity contribution in [1.29, 1.82) is 0 Å². The van der Waals surface area contributed by atoms with Crippen LogP contribution in [0.15, 0.2) is 0 Å². The molecule has 2 N–H and O–H groups in total. The van der Waals surface area contributed by atoms with Crippen molar-refractivity contribution < 1.29 is 19.8 Å². The molecule has 3 unspecified atom stereocenters. The van der Waals surface area contributed by atoms with Crippen molar-refractivity contribution in [3.63, 3.8) is 0 Å². The van der Waals surface area contributed by atoms with Crippen LogP contribution in [0.25, 0.3) is 0 Å². The zero-order valence-electron chi connectivity index (χ0n) is 27.8. The lowest BCUT2D eigenvalue weighted by molar-refractivity contribution is -0.189. The van der Waals surface area contributed by atoms with E-state index in [1.807, 2.05) is 6.92 Å². The number of hydrogen-bond donors (Lipinski definition) is 2. The maximum atomic E-state index is 13.0. The molecule has 0 saturated heterocycles. The topological polar surface area (TPSA) is 74.6 Å². The molecule has 0 aromatic heterocycles. The van der Waals surface area contributed by atoms with Gasteiger partial charge < -0.3 is 10.2 Å². The molecule has 1 rings (SSSR count). The minimum absolute atomic E-state index is 0.0881. The first-order valence-corrected chi connectivity index (χ1v) is 18.4. The van der Waals surface area contributed by atoms with Crippen LogP contribution in [0.1, 0.15) is 207 Å². The van der Waals surface area contributed by atoms with E-state index in [9.17, 15) is 19.8 Å². The monoisotopic (exact) mass is 579 g/mol. The smallest absolute Gasteiger partial charge is 0.311 e. The molecule has 4 nitrogen and oxygen atoms in total. The number of carbonyl (C=O) groups is 2. The molecule has 0 radical (unpaired) electrons. The fourth-order valence-corrected chi connectivity index (χ4v) is 7.92. The van der Waals surface area contributed by atoms with E-state index in [0.717, 1.165) is 51.4 Å². The van der Waals surface area contributed by atoms with Crippen molar-refractivity contribution in [3.8, 4) is 0 Å². The molecule has 41 heavy (non-hydrogen) atoms. The van der Waals surface area contributed by atoms with Crippen LogP contribution < -0.4 is 0 Å². The zero-order chi connectivity index (χ0) is 30.2. The molecule has 1 aliphatic rings. The van der Waals surface area contributed by atoms with Gasteiger partial charge in [0.2, 0.25) is 0 Å².